The van der Waals surface area contributed by atoms with Crippen molar-refractivity contribution in [2.45, 2.75) is 26.4 Å². The Labute approximate surface area is 94.3 Å². The van der Waals surface area contributed by atoms with E-state index < -0.39 is 0 Å². The molecule has 0 fully saturated rings. The zero-order valence-corrected chi connectivity index (χ0v) is 9.36. The molecule has 1 aliphatic rings. The van der Waals surface area contributed by atoms with Crippen LogP contribution in [0.25, 0.3) is 11.5 Å². The number of aromatic nitrogens is 2. The lowest BCUT2D eigenvalue weighted by Crippen LogP contribution is -2.11. The molecule has 0 aliphatic carbocycles. The summed E-state index contributed by atoms with van der Waals surface area (Å²) in [5.74, 6) is 1.79. The molecular formula is C12H15N3O. The maximum Gasteiger partial charge on any atom is 0.154 e. The third-order valence-electron chi connectivity index (χ3n) is 2.89. The van der Waals surface area contributed by atoms with E-state index in [1.54, 1.807) is 0 Å². The van der Waals surface area contributed by atoms with Crippen LogP contribution in [0.15, 0.2) is 22.6 Å². The van der Waals surface area contributed by atoms with Gasteiger partial charge in [-0.1, -0.05) is 0 Å². The highest BCUT2D eigenvalue weighted by Gasteiger charge is 2.13. The van der Waals surface area contributed by atoms with E-state index in [0.717, 1.165) is 43.3 Å². The first-order valence-electron chi connectivity index (χ1n) is 5.67. The molecular weight excluding hydrogens is 202 g/mol. The van der Waals surface area contributed by atoms with Crippen molar-refractivity contribution in [3.63, 3.8) is 0 Å². The number of fused-ring (bicyclic) bond motifs is 1. The van der Waals surface area contributed by atoms with Gasteiger partial charge in [0.2, 0.25) is 0 Å². The highest BCUT2D eigenvalue weighted by Crippen LogP contribution is 2.22. The minimum Gasteiger partial charge on any atom is -0.460 e. The molecule has 1 aliphatic heterocycles. The van der Waals surface area contributed by atoms with Gasteiger partial charge in [0.05, 0.1) is 5.69 Å². The Kier molecular flexibility index (Phi) is 2.29. The maximum absolute atomic E-state index is 5.58. The minimum atomic E-state index is 0.859. The Morgan fingerprint density at radius 3 is 3.19 bits per heavy atom. The average Bonchev–Trinajstić information content (AvgIpc) is 2.81. The molecule has 16 heavy (non-hydrogen) atoms. The van der Waals surface area contributed by atoms with E-state index in [4.69, 9.17) is 4.42 Å². The summed E-state index contributed by atoms with van der Waals surface area (Å²) in [5, 5.41) is 7.96. The van der Waals surface area contributed by atoms with E-state index in [0.29, 0.717) is 0 Å². The number of nitrogens with zero attached hydrogens (tertiary/aromatic N) is 2. The SMILES string of the molecule is Cc1ccc(-c2cc3n(n2)CCCNC3)o1. The van der Waals surface area contributed by atoms with Crippen LogP contribution < -0.4 is 5.32 Å². The first kappa shape index (κ1) is 9.66. The van der Waals surface area contributed by atoms with Crippen molar-refractivity contribution < 1.29 is 4.42 Å². The van der Waals surface area contributed by atoms with Crippen molar-refractivity contribution in [2.24, 2.45) is 0 Å². The molecule has 0 amide bonds. The van der Waals surface area contributed by atoms with Gasteiger partial charge in [-0.25, -0.2) is 0 Å². The van der Waals surface area contributed by atoms with E-state index >= 15 is 0 Å². The van der Waals surface area contributed by atoms with E-state index in [1.165, 1.54) is 5.69 Å². The van der Waals surface area contributed by atoms with Crippen LogP contribution in [-0.2, 0) is 13.1 Å². The Bertz CT molecular complexity index is 475. The molecule has 0 saturated carbocycles. The van der Waals surface area contributed by atoms with E-state index in [9.17, 15) is 0 Å². The Morgan fingerprint density at radius 1 is 1.44 bits per heavy atom. The smallest absolute Gasteiger partial charge is 0.154 e. The Morgan fingerprint density at radius 2 is 2.38 bits per heavy atom. The van der Waals surface area contributed by atoms with Gasteiger partial charge in [-0.15, -0.1) is 0 Å². The second-order valence-corrected chi connectivity index (χ2v) is 4.18. The largest absolute Gasteiger partial charge is 0.460 e. The highest BCUT2D eigenvalue weighted by molar-refractivity contribution is 5.52. The van der Waals surface area contributed by atoms with Crippen molar-refractivity contribution in [1.29, 1.82) is 0 Å². The van der Waals surface area contributed by atoms with Crippen LogP contribution >= 0.6 is 0 Å². The molecule has 0 aromatic carbocycles. The van der Waals surface area contributed by atoms with Crippen molar-refractivity contribution in [2.75, 3.05) is 6.54 Å². The van der Waals surface area contributed by atoms with Gasteiger partial charge in [0.25, 0.3) is 0 Å². The van der Waals surface area contributed by atoms with Crippen LogP contribution in [0.5, 0.6) is 0 Å². The summed E-state index contributed by atoms with van der Waals surface area (Å²) >= 11 is 0. The second kappa shape index (κ2) is 3.79. The number of hydrogen-bond donors (Lipinski definition) is 1. The zero-order valence-electron chi connectivity index (χ0n) is 9.36. The predicted molar refractivity (Wildman–Crippen MR) is 61.0 cm³/mol. The van der Waals surface area contributed by atoms with Crippen molar-refractivity contribution in [3.8, 4) is 11.5 Å². The molecule has 0 unspecified atom stereocenters. The quantitative estimate of drug-likeness (QED) is 0.794. The van der Waals surface area contributed by atoms with Crippen LogP contribution in [0.2, 0.25) is 0 Å². The summed E-state index contributed by atoms with van der Waals surface area (Å²) in [4.78, 5) is 0. The monoisotopic (exact) mass is 217 g/mol. The molecule has 4 heteroatoms. The topological polar surface area (TPSA) is 43.0 Å². The van der Waals surface area contributed by atoms with Crippen molar-refractivity contribution in [1.82, 2.24) is 15.1 Å². The lowest BCUT2D eigenvalue weighted by Gasteiger charge is -1.98. The molecule has 0 bridgehead atoms. The second-order valence-electron chi connectivity index (χ2n) is 4.18. The van der Waals surface area contributed by atoms with Gasteiger partial charge in [0.1, 0.15) is 11.5 Å². The lowest BCUT2D eigenvalue weighted by molar-refractivity contribution is 0.540. The standard InChI is InChI=1S/C12H15N3O/c1-9-3-4-12(16-9)11-7-10-8-13-5-2-6-15(10)14-11/h3-4,7,13H,2,5-6,8H2,1H3. The minimum absolute atomic E-state index is 0.859. The molecule has 2 aromatic heterocycles. The molecule has 0 saturated heterocycles. The highest BCUT2D eigenvalue weighted by atomic mass is 16.3. The first-order valence-corrected chi connectivity index (χ1v) is 5.67. The third kappa shape index (κ3) is 1.65. The maximum atomic E-state index is 5.58. The summed E-state index contributed by atoms with van der Waals surface area (Å²) in [6.07, 6.45) is 1.13. The fourth-order valence-corrected chi connectivity index (χ4v) is 2.05. The van der Waals surface area contributed by atoms with Gasteiger partial charge >= 0.3 is 0 Å². The predicted octanol–water partition coefficient (Wildman–Crippen LogP) is 1.94. The Hall–Kier alpha value is -1.55. The van der Waals surface area contributed by atoms with Gasteiger partial charge in [-0.2, -0.15) is 5.10 Å². The van der Waals surface area contributed by atoms with Gasteiger partial charge in [-0.3, -0.25) is 4.68 Å². The average molecular weight is 217 g/mol. The molecule has 0 atom stereocenters. The van der Waals surface area contributed by atoms with Gasteiger partial charge in [0.15, 0.2) is 5.76 Å². The molecule has 3 heterocycles. The number of nitrogens with one attached hydrogen (secondary N) is 1. The van der Waals surface area contributed by atoms with Crippen molar-refractivity contribution >= 4 is 0 Å². The molecule has 0 spiro atoms. The molecule has 84 valence electrons. The molecule has 1 N–H and O–H groups in total. The van der Waals surface area contributed by atoms with Crippen LogP contribution in [0.4, 0.5) is 0 Å². The van der Waals surface area contributed by atoms with Crippen molar-refractivity contribution in [3.05, 3.63) is 29.7 Å². The van der Waals surface area contributed by atoms with Gasteiger partial charge in [-0.05, 0) is 38.1 Å². The third-order valence-corrected chi connectivity index (χ3v) is 2.89. The summed E-state index contributed by atoms with van der Waals surface area (Å²) in [6, 6.07) is 6.06. The molecule has 3 rings (SSSR count). The number of furan rings is 1. The van der Waals surface area contributed by atoms with Crippen LogP contribution in [-0.4, -0.2) is 16.3 Å². The fraction of sp³-hybridized carbons (Fsp3) is 0.417. The number of hydrogen-bond acceptors (Lipinski definition) is 3. The van der Waals surface area contributed by atoms with Crippen LogP contribution in [0.3, 0.4) is 0 Å². The summed E-state index contributed by atoms with van der Waals surface area (Å²) in [5.41, 5.74) is 2.17. The molecule has 4 nitrogen and oxygen atoms in total. The van der Waals surface area contributed by atoms with E-state index in [1.807, 2.05) is 19.1 Å². The van der Waals surface area contributed by atoms with Crippen LogP contribution in [0.1, 0.15) is 17.9 Å². The van der Waals surface area contributed by atoms with Crippen LogP contribution in [0, 0.1) is 6.92 Å². The fourth-order valence-electron chi connectivity index (χ4n) is 2.05. The van der Waals surface area contributed by atoms with E-state index in [-0.39, 0.29) is 0 Å². The first-order chi connectivity index (χ1) is 7.83. The number of rotatable bonds is 1. The van der Waals surface area contributed by atoms with Gasteiger partial charge in [0, 0.05) is 13.1 Å². The summed E-state index contributed by atoms with van der Waals surface area (Å²) in [7, 11) is 0. The van der Waals surface area contributed by atoms with Gasteiger partial charge < -0.3 is 9.73 Å². The zero-order chi connectivity index (χ0) is 11.0. The molecule has 0 radical (unpaired) electrons. The summed E-state index contributed by atoms with van der Waals surface area (Å²) in [6.45, 7) is 4.90. The summed E-state index contributed by atoms with van der Waals surface area (Å²) < 4.78 is 7.66. The normalized spacial score (nSPS) is 15.8. The lowest BCUT2D eigenvalue weighted by atomic mass is 10.3. The Balaban J connectivity index is 1.98. The van der Waals surface area contributed by atoms with E-state index in [2.05, 4.69) is 21.2 Å². The number of aryl methyl sites for hydroxylation is 2. The molecule has 2 aromatic rings.